The van der Waals surface area contributed by atoms with Crippen molar-refractivity contribution in [2.75, 3.05) is 0 Å². The Morgan fingerprint density at radius 1 is 0.500 bits per heavy atom. The molecule has 0 bridgehead atoms. The van der Waals surface area contributed by atoms with Gasteiger partial charge in [-0.25, -0.2) is 0 Å². The van der Waals surface area contributed by atoms with E-state index in [-0.39, 0.29) is 0 Å². The Morgan fingerprint density at radius 3 is 1.58 bits per heavy atom. The average molecular weight is 617 g/mol. The van der Waals surface area contributed by atoms with E-state index < -0.39 is 5.54 Å². The van der Waals surface area contributed by atoms with Crippen molar-refractivity contribution >= 4 is 43.6 Å². The van der Waals surface area contributed by atoms with Gasteiger partial charge in [-0.15, -0.1) is 0 Å². The number of nitriles is 3. The third kappa shape index (κ3) is 4.35. The normalized spacial score (nSPS) is 11.6. The fourth-order valence-corrected chi connectivity index (χ4v) is 7.09. The van der Waals surface area contributed by atoms with Gasteiger partial charge in [0.25, 0.3) is 0 Å². The molecule has 2 N–H and O–H groups in total. The van der Waals surface area contributed by atoms with E-state index in [4.69, 9.17) is 5.73 Å². The Hall–Kier alpha value is -6.65. The Labute approximate surface area is 277 Å². The molecule has 0 aliphatic heterocycles. The van der Waals surface area contributed by atoms with E-state index in [0.717, 1.165) is 71.7 Å². The lowest BCUT2D eigenvalue weighted by Crippen LogP contribution is -2.29. The first kappa shape index (κ1) is 28.8. The molecule has 2 heterocycles. The van der Waals surface area contributed by atoms with Gasteiger partial charge in [-0.1, -0.05) is 42.5 Å². The third-order valence-corrected chi connectivity index (χ3v) is 9.22. The molecule has 0 amide bonds. The smallest absolute Gasteiger partial charge is 0.0991 e. The summed E-state index contributed by atoms with van der Waals surface area (Å²) >= 11 is 0. The van der Waals surface area contributed by atoms with Crippen molar-refractivity contribution in [1.29, 1.82) is 15.8 Å². The molecule has 6 aromatic carbocycles. The second-order valence-corrected chi connectivity index (χ2v) is 12.7. The Morgan fingerprint density at radius 2 is 1.00 bits per heavy atom. The molecule has 0 saturated carbocycles. The van der Waals surface area contributed by atoms with E-state index in [9.17, 15) is 15.8 Å². The van der Waals surface area contributed by atoms with Crippen molar-refractivity contribution in [1.82, 2.24) is 9.13 Å². The van der Waals surface area contributed by atoms with Gasteiger partial charge in [0.1, 0.15) is 0 Å². The molecule has 0 aliphatic rings. The summed E-state index contributed by atoms with van der Waals surface area (Å²) in [7, 11) is 0. The van der Waals surface area contributed by atoms with E-state index in [0.29, 0.717) is 16.7 Å². The van der Waals surface area contributed by atoms with E-state index in [1.807, 2.05) is 92.7 Å². The van der Waals surface area contributed by atoms with Crippen molar-refractivity contribution in [2.24, 2.45) is 5.73 Å². The molecule has 8 aromatic rings. The first-order valence-electron chi connectivity index (χ1n) is 15.7. The lowest BCUT2D eigenvalue weighted by Gasteiger charge is -2.26. The maximum absolute atomic E-state index is 10.1. The lowest BCUT2D eigenvalue weighted by molar-refractivity contribution is 0.556. The maximum atomic E-state index is 10.1. The zero-order valence-electron chi connectivity index (χ0n) is 26.4. The minimum Gasteiger partial charge on any atom is -0.322 e. The van der Waals surface area contributed by atoms with E-state index >= 15 is 0 Å². The van der Waals surface area contributed by atoms with Gasteiger partial charge in [0.05, 0.1) is 62.7 Å². The van der Waals surface area contributed by atoms with Crippen LogP contribution in [-0.2, 0) is 5.54 Å². The van der Waals surface area contributed by atoms with Crippen molar-refractivity contribution in [3.05, 3.63) is 144 Å². The van der Waals surface area contributed by atoms with Gasteiger partial charge in [-0.2, -0.15) is 15.8 Å². The predicted molar refractivity (Wildman–Crippen MR) is 192 cm³/mol. The molecule has 6 nitrogen and oxygen atoms in total. The molecule has 0 saturated heterocycles. The molecular weight excluding hydrogens is 589 g/mol. The van der Waals surface area contributed by atoms with Gasteiger partial charge in [-0.3, -0.25) is 0 Å². The summed E-state index contributed by atoms with van der Waals surface area (Å²) in [5, 5.41) is 33.5. The first-order valence-corrected chi connectivity index (χ1v) is 15.7. The van der Waals surface area contributed by atoms with Gasteiger partial charge < -0.3 is 14.9 Å². The molecule has 0 spiro atoms. The molecule has 0 radical (unpaired) electrons. The SMILES string of the molecule is CC(C)(N)c1ccc(-n2c3ccccc3c3cc(C#N)ccc32)cc1-c1cc(C#N)ccc1-n1c2ccccc2c2cc(C#N)ccc21. The molecule has 48 heavy (non-hydrogen) atoms. The van der Waals surface area contributed by atoms with Crippen LogP contribution < -0.4 is 5.73 Å². The molecule has 6 heteroatoms. The summed E-state index contributed by atoms with van der Waals surface area (Å²) in [6.07, 6.45) is 0. The van der Waals surface area contributed by atoms with E-state index in [1.165, 1.54) is 0 Å². The monoisotopic (exact) mass is 616 g/mol. The Bertz CT molecular complexity index is 2750. The molecule has 0 atom stereocenters. The summed E-state index contributed by atoms with van der Waals surface area (Å²) in [5.74, 6) is 0. The molecule has 0 aliphatic carbocycles. The predicted octanol–water partition coefficient (Wildman–Crippen LogP) is 9.36. The highest BCUT2D eigenvalue weighted by Crippen LogP contribution is 2.41. The number of nitrogens with zero attached hydrogens (tertiary/aromatic N) is 5. The molecule has 0 unspecified atom stereocenters. The maximum Gasteiger partial charge on any atom is 0.0991 e. The number of aromatic nitrogens is 2. The topological polar surface area (TPSA) is 107 Å². The van der Waals surface area contributed by atoms with Crippen LogP contribution in [0.25, 0.3) is 66.1 Å². The number of rotatable bonds is 4. The number of fused-ring (bicyclic) bond motifs is 6. The Balaban J connectivity index is 1.47. The van der Waals surface area contributed by atoms with Gasteiger partial charge >= 0.3 is 0 Å². The number of hydrogen-bond donors (Lipinski definition) is 1. The summed E-state index contributed by atoms with van der Waals surface area (Å²) in [6.45, 7) is 3.99. The quantitative estimate of drug-likeness (QED) is 0.213. The minimum absolute atomic E-state index is 0.536. The lowest BCUT2D eigenvalue weighted by atomic mass is 9.86. The summed E-state index contributed by atoms with van der Waals surface area (Å²) in [5.41, 5.74) is 16.4. The van der Waals surface area contributed by atoms with Crippen LogP contribution in [0.3, 0.4) is 0 Å². The van der Waals surface area contributed by atoms with E-state index in [1.54, 1.807) is 0 Å². The highest BCUT2D eigenvalue weighted by atomic mass is 15.0. The van der Waals surface area contributed by atoms with Crippen molar-refractivity contribution in [2.45, 2.75) is 19.4 Å². The van der Waals surface area contributed by atoms with Crippen LogP contribution in [0, 0.1) is 34.0 Å². The zero-order chi connectivity index (χ0) is 33.2. The van der Waals surface area contributed by atoms with Gasteiger partial charge in [0, 0.05) is 38.3 Å². The second kappa shape index (κ2) is 10.7. The standard InChI is InChI=1S/C42H28N6/c1-42(2,46)36-15-14-29(47-37-9-5-3-7-30(37)33-19-26(23-43)11-16-39(33)47)22-32(36)35-21-28(25-45)13-18-41(35)48-38-10-6-4-8-31(38)34-20-27(24-44)12-17-40(34)48/h3-22H,46H2,1-2H3. The number of para-hydroxylation sites is 2. The third-order valence-electron chi connectivity index (χ3n) is 9.22. The van der Waals surface area contributed by atoms with Gasteiger partial charge in [-0.05, 0) is 104 Å². The Kier molecular flexibility index (Phi) is 6.43. The fraction of sp³-hybridized carbons (Fsp3) is 0.0714. The van der Waals surface area contributed by atoms with Crippen LogP contribution in [0.2, 0.25) is 0 Å². The van der Waals surface area contributed by atoms with Crippen LogP contribution in [0.4, 0.5) is 0 Å². The van der Waals surface area contributed by atoms with Gasteiger partial charge in [0.2, 0.25) is 0 Å². The van der Waals surface area contributed by atoms with Crippen LogP contribution in [-0.4, -0.2) is 9.13 Å². The van der Waals surface area contributed by atoms with Crippen LogP contribution in [0.15, 0.2) is 121 Å². The second-order valence-electron chi connectivity index (χ2n) is 12.7. The molecule has 8 rings (SSSR count). The highest BCUT2D eigenvalue weighted by molar-refractivity contribution is 6.11. The van der Waals surface area contributed by atoms with Crippen molar-refractivity contribution in [3.63, 3.8) is 0 Å². The van der Waals surface area contributed by atoms with Crippen molar-refractivity contribution in [3.8, 4) is 40.7 Å². The van der Waals surface area contributed by atoms with E-state index in [2.05, 4.69) is 69.8 Å². The first-order chi connectivity index (χ1) is 23.3. The van der Waals surface area contributed by atoms with Crippen molar-refractivity contribution < 1.29 is 0 Å². The average Bonchev–Trinajstić information content (AvgIpc) is 3.62. The highest BCUT2D eigenvalue weighted by Gasteiger charge is 2.25. The van der Waals surface area contributed by atoms with Crippen LogP contribution >= 0.6 is 0 Å². The number of benzene rings is 6. The number of nitrogens with two attached hydrogens (primary N) is 1. The van der Waals surface area contributed by atoms with Crippen LogP contribution in [0.1, 0.15) is 36.1 Å². The largest absolute Gasteiger partial charge is 0.322 e. The number of hydrogen-bond acceptors (Lipinski definition) is 4. The van der Waals surface area contributed by atoms with Gasteiger partial charge in [0.15, 0.2) is 0 Å². The zero-order valence-corrected chi connectivity index (χ0v) is 26.4. The summed E-state index contributed by atoms with van der Waals surface area (Å²) in [4.78, 5) is 0. The summed E-state index contributed by atoms with van der Waals surface area (Å²) < 4.78 is 4.44. The molecular formula is C42H28N6. The summed E-state index contributed by atoms with van der Waals surface area (Å²) in [6, 6.07) is 47.0. The van der Waals surface area contributed by atoms with Crippen LogP contribution in [0.5, 0.6) is 0 Å². The minimum atomic E-state index is -0.710. The molecule has 2 aromatic heterocycles. The molecule has 226 valence electrons. The molecule has 0 fully saturated rings. The fourth-order valence-electron chi connectivity index (χ4n) is 7.09.